The molecule has 0 N–H and O–H groups in total. The fourth-order valence-corrected chi connectivity index (χ4v) is 2.44. The highest BCUT2D eigenvalue weighted by Gasteiger charge is 2.25. The summed E-state index contributed by atoms with van der Waals surface area (Å²) in [5.41, 5.74) is 1.28. The van der Waals surface area contributed by atoms with Crippen LogP contribution >= 0.6 is 0 Å². The maximum absolute atomic E-state index is 5.88. The maximum Gasteiger partial charge on any atom is 0.118 e. The lowest BCUT2D eigenvalue weighted by atomic mass is 9.96. The zero-order chi connectivity index (χ0) is 12.1. The van der Waals surface area contributed by atoms with Crippen molar-refractivity contribution in [3.63, 3.8) is 0 Å². The highest BCUT2D eigenvalue weighted by atomic mass is 16.5. The molecule has 1 fully saturated rings. The standard InChI is InChI=1S/C15H22O2/c1-3-4-5-12-10-15(17-11-12)13-6-8-14(16-2)9-7-13/h6-9,12,15H,3-5,10-11H2,1-2H3/t12-,15+/m0/s1. The van der Waals surface area contributed by atoms with Crippen molar-refractivity contribution < 1.29 is 9.47 Å². The van der Waals surface area contributed by atoms with E-state index in [9.17, 15) is 0 Å². The van der Waals surface area contributed by atoms with Crippen LogP contribution in [0.2, 0.25) is 0 Å². The number of hydrogen-bond acceptors (Lipinski definition) is 2. The number of ether oxygens (including phenoxy) is 2. The minimum absolute atomic E-state index is 0.294. The van der Waals surface area contributed by atoms with Crippen molar-refractivity contribution in [2.24, 2.45) is 5.92 Å². The van der Waals surface area contributed by atoms with Gasteiger partial charge in [-0.05, 0) is 36.5 Å². The van der Waals surface area contributed by atoms with Crippen LogP contribution in [-0.4, -0.2) is 13.7 Å². The summed E-state index contributed by atoms with van der Waals surface area (Å²) in [4.78, 5) is 0. The molecule has 1 aliphatic rings. The quantitative estimate of drug-likeness (QED) is 0.767. The fourth-order valence-electron chi connectivity index (χ4n) is 2.44. The number of rotatable bonds is 5. The first-order valence-electron chi connectivity index (χ1n) is 6.59. The normalized spacial score (nSPS) is 23.9. The van der Waals surface area contributed by atoms with Gasteiger partial charge in [0.25, 0.3) is 0 Å². The van der Waals surface area contributed by atoms with Crippen LogP contribution < -0.4 is 4.74 Å². The molecule has 2 heteroatoms. The van der Waals surface area contributed by atoms with Crippen LogP contribution in [0.15, 0.2) is 24.3 Å². The summed E-state index contributed by atoms with van der Waals surface area (Å²) in [5, 5.41) is 0. The maximum atomic E-state index is 5.88. The van der Waals surface area contributed by atoms with Gasteiger partial charge >= 0.3 is 0 Å². The third-order valence-corrected chi connectivity index (χ3v) is 3.53. The summed E-state index contributed by atoms with van der Waals surface area (Å²) in [6.07, 6.45) is 5.38. The Hall–Kier alpha value is -1.02. The van der Waals surface area contributed by atoms with Gasteiger partial charge in [-0.1, -0.05) is 31.9 Å². The van der Waals surface area contributed by atoms with Crippen LogP contribution in [0.3, 0.4) is 0 Å². The molecule has 17 heavy (non-hydrogen) atoms. The van der Waals surface area contributed by atoms with Gasteiger partial charge in [0.05, 0.1) is 19.8 Å². The number of methoxy groups -OCH3 is 1. The topological polar surface area (TPSA) is 18.5 Å². The summed E-state index contributed by atoms with van der Waals surface area (Å²) in [6, 6.07) is 8.26. The Labute approximate surface area is 104 Å². The predicted octanol–water partition coefficient (Wildman–Crippen LogP) is 3.96. The highest BCUT2D eigenvalue weighted by Crippen LogP contribution is 2.35. The smallest absolute Gasteiger partial charge is 0.118 e. The molecule has 1 heterocycles. The Balaban J connectivity index is 1.90. The average molecular weight is 234 g/mol. The minimum atomic E-state index is 0.294. The Morgan fingerprint density at radius 1 is 1.29 bits per heavy atom. The van der Waals surface area contributed by atoms with Gasteiger partial charge in [0, 0.05) is 0 Å². The molecule has 0 amide bonds. The molecule has 2 atom stereocenters. The zero-order valence-electron chi connectivity index (χ0n) is 10.8. The number of unbranched alkanes of at least 4 members (excludes halogenated alkanes) is 1. The first kappa shape index (κ1) is 12.4. The van der Waals surface area contributed by atoms with Crippen LogP contribution in [-0.2, 0) is 4.74 Å². The van der Waals surface area contributed by atoms with Gasteiger partial charge in [-0.3, -0.25) is 0 Å². The van der Waals surface area contributed by atoms with Crippen LogP contribution in [0.1, 0.15) is 44.3 Å². The first-order chi connectivity index (χ1) is 8.33. The van der Waals surface area contributed by atoms with E-state index in [2.05, 4.69) is 19.1 Å². The van der Waals surface area contributed by atoms with E-state index in [1.807, 2.05) is 12.1 Å². The monoisotopic (exact) mass is 234 g/mol. The molecule has 0 radical (unpaired) electrons. The molecule has 1 aromatic carbocycles. The zero-order valence-corrected chi connectivity index (χ0v) is 10.8. The van der Waals surface area contributed by atoms with Crippen molar-refractivity contribution in [2.75, 3.05) is 13.7 Å². The molecule has 0 aliphatic carbocycles. The van der Waals surface area contributed by atoms with E-state index < -0.39 is 0 Å². The molecule has 1 aliphatic heterocycles. The molecule has 0 spiro atoms. The molecule has 94 valence electrons. The van der Waals surface area contributed by atoms with E-state index in [-0.39, 0.29) is 0 Å². The van der Waals surface area contributed by atoms with Gasteiger partial charge in [-0.15, -0.1) is 0 Å². The lowest BCUT2D eigenvalue weighted by Gasteiger charge is -2.10. The van der Waals surface area contributed by atoms with E-state index in [0.717, 1.165) is 18.3 Å². The van der Waals surface area contributed by atoms with Crippen molar-refractivity contribution in [3.05, 3.63) is 29.8 Å². The van der Waals surface area contributed by atoms with E-state index >= 15 is 0 Å². The van der Waals surface area contributed by atoms with Crippen LogP contribution in [0.25, 0.3) is 0 Å². The number of benzene rings is 1. The van der Waals surface area contributed by atoms with Gasteiger partial charge in [0.1, 0.15) is 5.75 Å². The van der Waals surface area contributed by atoms with E-state index in [1.165, 1.54) is 31.2 Å². The Kier molecular flexibility index (Phi) is 4.43. The third-order valence-electron chi connectivity index (χ3n) is 3.53. The van der Waals surface area contributed by atoms with E-state index in [0.29, 0.717) is 6.10 Å². The van der Waals surface area contributed by atoms with Crippen LogP contribution in [0.4, 0.5) is 0 Å². The lowest BCUT2D eigenvalue weighted by Crippen LogP contribution is -1.98. The summed E-state index contributed by atoms with van der Waals surface area (Å²) in [5.74, 6) is 1.66. The molecule has 2 nitrogen and oxygen atoms in total. The van der Waals surface area contributed by atoms with Crippen molar-refractivity contribution in [1.82, 2.24) is 0 Å². The Morgan fingerprint density at radius 2 is 2.06 bits per heavy atom. The van der Waals surface area contributed by atoms with Crippen molar-refractivity contribution in [2.45, 2.75) is 38.7 Å². The van der Waals surface area contributed by atoms with Gasteiger partial charge in [-0.25, -0.2) is 0 Å². The van der Waals surface area contributed by atoms with Gasteiger partial charge in [0.2, 0.25) is 0 Å². The lowest BCUT2D eigenvalue weighted by molar-refractivity contribution is 0.106. The second-order valence-corrected chi connectivity index (χ2v) is 4.84. The molecule has 0 bridgehead atoms. The minimum Gasteiger partial charge on any atom is -0.497 e. The van der Waals surface area contributed by atoms with Gasteiger partial charge in [-0.2, -0.15) is 0 Å². The number of hydrogen-bond donors (Lipinski definition) is 0. The molecule has 1 aromatic rings. The molecular formula is C15H22O2. The molecule has 1 saturated heterocycles. The van der Waals surface area contributed by atoms with Gasteiger partial charge in [0.15, 0.2) is 0 Å². The average Bonchev–Trinajstić information content (AvgIpc) is 2.85. The molecule has 2 rings (SSSR count). The summed E-state index contributed by atoms with van der Waals surface area (Å²) < 4.78 is 11.0. The van der Waals surface area contributed by atoms with Gasteiger partial charge < -0.3 is 9.47 Å². The SMILES string of the molecule is CCCC[C@@H]1CO[C@@H](c2ccc(OC)cc2)C1. The van der Waals surface area contributed by atoms with Crippen molar-refractivity contribution in [1.29, 1.82) is 0 Å². The first-order valence-corrected chi connectivity index (χ1v) is 6.59. The third kappa shape index (κ3) is 3.22. The Bertz CT molecular complexity index is 331. The van der Waals surface area contributed by atoms with E-state index in [4.69, 9.17) is 9.47 Å². The van der Waals surface area contributed by atoms with Crippen molar-refractivity contribution >= 4 is 0 Å². The fraction of sp³-hybridized carbons (Fsp3) is 0.600. The summed E-state index contributed by atoms with van der Waals surface area (Å²) in [6.45, 7) is 3.17. The molecule has 0 aromatic heterocycles. The van der Waals surface area contributed by atoms with Crippen LogP contribution in [0.5, 0.6) is 5.75 Å². The highest BCUT2D eigenvalue weighted by molar-refractivity contribution is 5.28. The second-order valence-electron chi connectivity index (χ2n) is 4.84. The van der Waals surface area contributed by atoms with Crippen molar-refractivity contribution in [3.8, 4) is 5.75 Å². The molecule has 0 saturated carbocycles. The summed E-state index contributed by atoms with van der Waals surface area (Å²) in [7, 11) is 1.70. The Morgan fingerprint density at radius 3 is 2.71 bits per heavy atom. The predicted molar refractivity (Wildman–Crippen MR) is 69.3 cm³/mol. The summed E-state index contributed by atoms with van der Waals surface area (Å²) >= 11 is 0. The largest absolute Gasteiger partial charge is 0.497 e. The molecular weight excluding hydrogens is 212 g/mol. The van der Waals surface area contributed by atoms with E-state index in [1.54, 1.807) is 7.11 Å². The van der Waals surface area contributed by atoms with Crippen LogP contribution in [0, 0.1) is 5.92 Å². The molecule has 0 unspecified atom stereocenters. The second kappa shape index (κ2) is 6.06.